The monoisotopic (exact) mass is 366 g/mol. The highest BCUT2D eigenvalue weighted by atomic mass is 35.5. The lowest BCUT2D eigenvalue weighted by Crippen LogP contribution is -2.51. The molecule has 2 saturated heterocycles. The van der Waals surface area contributed by atoms with Crippen LogP contribution < -0.4 is 10.6 Å². The lowest BCUT2D eigenvalue weighted by atomic mass is 9.97. The molecule has 6 nitrogen and oxygen atoms in total. The second-order valence-electron chi connectivity index (χ2n) is 6.55. The first-order chi connectivity index (χ1) is 12.2. The van der Waals surface area contributed by atoms with E-state index in [1.807, 2.05) is 12.1 Å². The Morgan fingerprint density at radius 3 is 2.68 bits per heavy atom. The van der Waals surface area contributed by atoms with E-state index in [2.05, 4.69) is 26.9 Å². The van der Waals surface area contributed by atoms with Gasteiger partial charge in [-0.1, -0.05) is 11.6 Å². The molecule has 0 spiro atoms. The Labute approximate surface area is 154 Å². The molecule has 7 heteroatoms. The van der Waals surface area contributed by atoms with Crippen molar-refractivity contribution in [2.45, 2.75) is 12.5 Å². The third-order valence-corrected chi connectivity index (χ3v) is 5.28. The number of piperazine rings is 1. The Kier molecular flexibility index (Phi) is 6.39. The van der Waals surface area contributed by atoms with Gasteiger partial charge in [-0.25, -0.2) is 0 Å². The van der Waals surface area contributed by atoms with Gasteiger partial charge in [0, 0.05) is 63.1 Å². The highest BCUT2D eigenvalue weighted by molar-refractivity contribution is 6.30. The number of methoxy groups -OCH3 is 1. The molecule has 138 valence electrons. The van der Waals surface area contributed by atoms with E-state index in [1.165, 1.54) is 5.69 Å². The number of nitrogens with two attached hydrogens (primary N) is 1. The van der Waals surface area contributed by atoms with E-state index in [-0.39, 0.29) is 6.10 Å². The van der Waals surface area contributed by atoms with Crippen LogP contribution in [0.3, 0.4) is 0 Å². The lowest BCUT2D eigenvalue weighted by molar-refractivity contribution is -0.0624. The SMILES string of the molecule is COC1COCCC1CN=C(N)N1CCN(c2ccc(Cl)cc2)CC1. The number of nitrogens with zero attached hydrogens (tertiary/aromatic N) is 3. The first-order valence-corrected chi connectivity index (χ1v) is 9.21. The van der Waals surface area contributed by atoms with Crippen LogP contribution in [0.5, 0.6) is 0 Å². The summed E-state index contributed by atoms with van der Waals surface area (Å²) in [6, 6.07) is 7.98. The van der Waals surface area contributed by atoms with Crippen molar-refractivity contribution in [3.63, 3.8) is 0 Å². The maximum absolute atomic E-state index is 6.22. The number of rotatable bonds is 4. The molecular weight excluding hydrogens is 340 g/mol. The zero-order chi connectivity index (χ0) is 17.6. The molecule has 0 amide bonds. The Morgan fingerprint density at radius 1 is 1.28 bits per heavy atom. The summed E-state index contributed by atoms with van der Waals surface area (Å²) in [4.78, 5) is 9.13. The van der Waals surface area contributed by atoms with Crippen molar-refractivity contribution in [1.82, 2.24) is 4.90 Å². The van der Waals surface area contributed by atoms with Gasteiger partial charge in [0.05, 0.1) is 12.7 Å². The first-order valence-electron chi connectivity index (χ1n) is 8.83. The second kappa shape index (κ2) is 8.74. The summed E-state index contributed by atoms with van der Waals surface area (Å²) in [5.74, 6) is 1.02. The van der Waals surface area contributed by atoms with Gasteiger partial charge < -0.3 is 25.0 Å². The predicted octanol–water partition coefficient (Wildman–Crippen LogP) is 1.83. The minimum Gasteiger partial charge on any atom is -0.379 e. The van der Waals surface area contributed by atoms with E-state index < -0.39 is 0 Å². The summed E-state index contributed by atoms with van der Waals surface area (Å²) < 4.78 is 10.9. The van der Waals surface area contributed by atoms with Gasteiger partial charge in [0.25, 0.3) is 0 Å². The fourth-order valence-corrected chi connectivity index (χ4v) is 3.51. The molecule has 0 bridgehead atoms. The largest absolute Gasteiger partial charge is 0.379 e. The molecule has 2 fully saturated rings. The molecule has 2 aliphatic heterocycles. The van der Waals surface area contributed by atoms with Crippen molar-refractivity contribution >= 4 is 23.2 Å². The molecule has 3 rings (SSSR count). The molecule has 25 heavy (non-hydrogen) atoms. The molecule has 0 aromatic heterocycles. The Bertz CT molecular complexity index is 573. The molecule has 1 aromatic rings. The van der Waals surface area contributed by atoms with Crippen LogP contribution in [0.25, 0.3) is 0 Å². The number of hydrogen-bond donors (Lipinski definition) is 1. The third-order valence-electron chi connectivity index (χ3n) is 5.03. The van der Waals surface area contributed by atoms with Gasteiger partial charge in [-0.05, 0) is 30.7 Å². The van der Waals surface area contributed by atoms with Gasteiger partial charge in [0.15, 0.2) is 5.96 Å². The van der Waals surface area contributed by atoms with Gasteiger partial charge >= 0.3 is 0 Å². The number of aliphatic imine (C=N–C) groups is 1. The highest BCUT2D eigenvalue weighted by Crippen LogP contribution is 2.20. The van der Waals surface area contributed by atoms with Crippen LogP contribution >= 0.6 is 11.6 Å². The first kappa shape index (κ1) is 18.3. The standard InChI is InChI=1S/C18H27ClN4O2/c1-24-17-13-25-11-6-14(17)12-21-18(20)23-9-7-22(8-10-23)16-4-2-15(19)3-5-16/h2-5,14,17H,6-13H2,1H3,(H2,20,21). The van der Waals surface area contributed by atoms with Gasteiger partial charge in [0.1, 0.15) is 0 Å². The van der Waals surface area contributed by atoms with Crippen LogP contribution in [0.1, 0.15) is 6.42 Å². The predicted molar refractivity (Wildman–Crippen MR) is 101 cm³/mol. The number of anilines is 1. The Balaban J connectivity index is 1.50. The number of ether oxygens (including phenoxy) is 2. The highest BCUT2D eigenvalue weighted by Gasteiger charge is 2.26. The topological polar surface area (TPSA) is 63.3 Å². The zero-order valence-electron chi connectivity index (χ0n) is 14.7. The number of halogens is 1. The molecular formula is C18H27ClN4O2. The number of guanidine groups is 1. The van der Waals surface area contributed by atoms with Crippen molar-refractivity contribution < 1.29 is 9.47 Å². The fourth-order valence-electron chi connectivity index (χ4n) is 3.38. The minimum atomic E-state index is 0.118. The second-order valence-corrected chi connectivity index (χ2v) is 6.98. The van der Waals surface area contributed by atoms with Crippen LogP contribution in [-0.2, 0) is 9.47 Å². The van der Waals surface area contributed by atoms with Crippen LogP contribution in [-0.4, -0.2) is 70.0 Å². The summed E-state index contributed by atoms with van der Waals surface area (Å²) in [7, 11) is 1.73. The molecule has 2 unspecified atom stereocenters. The van der Waals surface area contributed by atoms with Crippen molar-refractivity contribution in [3.8, 4) is 0 Å². The smallest absolute Gasteiger partial charge is 0.191 e. The van der Waals surface area contributed by atoms with Crippen LogP contribution in [0, 0.1) is 5.92 Å². The Hall–Kier alpha value is -1.50. The molecule has 2 heterocycles. The maximum atomic E-state index is 6.22. The van der Waals surface area contributed by atoms with E-state index in [0.29, 0.717) is 25.0 Å². The van der Waals surface area contributed by atoms with E-state index in [0.717, 1.165) is 44.2 Å². The summed E-state index contributed by atoms with van der Waals surface area (Å²) in [5, 5.41) is 0.765. The van der Waals surface area contributed by atoms with E-state index in [9.17, 15) is 0 Å². The Morgan fingerprint density at radius 2 is 2.00 bits per heavy atom. The fraction of sp³-hybridized carbons (Fsp3) is 0.611. The maximum Gasteiger partial charge on any atom is 0.191 e. The average Bonchev–Trinajstić information content (AvgIpc) is 2.67. The summed E-state index contributed by atoms with van der Waals surface area (Å²) in [5.41, 5.74) is 7.42. The summed E-state index contributed by atoms with van der Waals surface area (Å²) in [6.07, 6.45) is 1.09. The van der Waals surface area contributed by atoms with Gasteiger partial charge in [-0.2, -0.15) is 0 Å². The average molecular weight is 367 g/mol. The van der Waals surface area contributed by atoms with E-state index in [4.69, 9.17) is 26.8 Å². The van der Waals surface area contributed by atoms with E-state index in [1.54, 1.807) is 7.11 Å². The molecule has 0 radical (unpaired) electrons. The van der Waals surface area contributed by atoms with E-state index >= 15 is 0 Å². The number of benzene rings is 1. The number of hydrogen-bond acceptors (Lipinski definition) is 4. The normalized spacial score (nSPS) is 25.3. The molecule has 1 aromatic carbocycles. The van der Waals surface area contributed by atoms with Crippen molar-refractivity contribution in [2.24, 2.45) is 16.6 Å². The lowest BCUT2D eigenvalue weighted by Gasteiger charge is -2.37. The van der Waals surface area contributed by atoms with Crippen LogP contribution in [0.15, 0.2) is 29.3 Å². The molecule has 0 saturated carbocycles. The molecule has 2 N–H and O–H groups in total. The van der Waals surface area contributed by atoms with Crippen LogP contribution in [0.2, 0.25) is 5.02 Å². The van der Waals surface area contributed by atoms with Crippen molar-refractivity contribution in [2.75, 3.05) is 57.9 Å². The molecule has 2 aliphatic rings. The van der Waals surface area contributed by atoms with Gasteiger partial charge in [-0.15, -0.1) is 0 Å². The zero-order valence-corrected chi connectivity index (χ0v) is 15.5. The summed E-state index contributed by atoms with van der Waals surface area (Å²) in [6.45, 7) is 5.73. The third kappa shape index (κ3) is 4.77. The molecule has 2 atom stereocenters. The minimum absolute atomic E-state index is 0.118. The van der Waals surface area contributed by atoms with Crippen molar-refractivity contribution in [3.05, 3.63) is 29.3 Å². The van der Waals surface area contributed by atoms with Crippen LogP contribution in [0.4, 0.5) is 5.69 Å². The quantitative estimate of drug-likeness (QED) is 0.650. The molecule has 0 aliphatic carbocycles. The van der Waals surface area contributed by atoms with Crippen molar-refractivity contribution in [1.29, 1.82) is 0 Å². The van der Waals surface area contributed by atoms with Gasteiger partial charge in [-0.3, -0.25) is 4.99 Å². The van der Waals surface area contributed by atoms with Gasteiger partial charge in [0.2, 0.25) is 0 Å². The summed E-state index contributed by atoms with van der Waals surface area (Å²) >= 11 is 5.96.